The summed E-state index contributed by atoms with van der Waals surface area (Å²) in [5.74, 6) is 0.799. The number of hydrogen-bond acceptors (Lipinski definition) is 4. The summed E-state index contributed by atoms with van der Waals surface area (Å²) in [4.78, 5) is 34.3. The summed E-state index contributed by atoms with van der Waals surface area (Å²) in [5.41, 5.74) is 1.78. The molecule has 0 unspecified atom stereocenters. The zero-order chi connectivity index (χ0) is 23.5. The summed E-state index contributed by atoms with van der Waals surface area (Å²) in [5, 5.41) is 2.87. The van der Waals surface area contributed by atoms with E-state index >= 15 is 0 Å². The first-order chi connectivity index (χ1) is 15.1. The second-order valence-electron chi connectivity index (χ2n) is 9.76. The number of carbonyl (C=O) groups is 2. The van der Waals surface area contributed by atoms with E-state index in [2.05, 4.69) is 54.4 Å². The third kappa shape index (κ3) is 5.57. The van der Waals surface area contributed by atoms with Crippen molar-refractivity contribution in [2.75, 3.05) is 19.6 Å². The molecule has 1 fully saturated rings. The molecule has 0 bridgehead atoms. The number of rotatable bonds is 6. The van der Waals surface area contributed by atoms with E-state index in [4.69, 9.17) is 0 Å². The van der Waals surface area contributed by atoms with E-state index in [1.165, 1.54) is 5.56 Å². The van der Waals surface area contributed by atoms with Crippen LogP contribution in [0.2, 0.25) is 0 Å². The molecule has 2 aromatic rings. The number of piperazine rings is 1. The number of amides is 2. The zero-order valence-corrected chi connectivity index (χ0v) is 20.3. The van der Waals surface area contributed by atoms with Crippen LogP contribution in [0.15, 0.2) is 36.7 Å². The molecule has 2 heterocycles. The van der Waals surface area contributed by atoms with E-state index in [1.54, 1.807) is 6.92 Å². The van der Waals surface area contributed by atoms with Gasteiger partial charge in [-0.2, -0.15) is 0 Å². The summed E-state index contributed by atoms with van der Waals surface area (Å²) in [7, 11) is 0. The second-order valence-corrected chi connectivity index (χ2v) is 9.76. The molecule has 0 spiro atoms. The molecular weight excluding hydrogens is 402 g/mol. The first-order valence-corrected chi connectivity index (χ1v) is 11.5. The third-order valence-corrected chi connectivity index (χ3v) is 6.29. The largest absolute Gasteiger partial charge is 0.341 e. The van der Waals surface area contributed by atoms with Gasteiger partial charge in [0, 0.05) is 50.2 Å². The maximum Gasteiger partial charge on any atom is 0.251 e. The molecule has 2 atom stereocenters. The molecule has 0 saturated carbocycles. The van der Waals surface area contributed by atoms with Crippen LogP contribution in [0.3, 0.4) is 0 Å². The van der Waals surface area contributed by atoms with E-state index in [1.807, 2.05) is 41.6 Å². The van der Waals surface area contributed by atoms with E-state index in [-0.39, 0.29) is 23.3 Å². The van der Waals surface area contributed by atoms with Gasteiger partial charge < -0.3 is 14.8 Å². The molecule has 0 radical (unpaired) electrons. The van der Waals surface area contributed by atoms with Gasteiger partial charge in [-0.3, -0.25) is 14.5 Å². The van der Waals surface area contributed by atoms with Crippen LogP contribution in [-0.2, 0) is 23.3 Å². The van der Waals surface area contributed by atoms with E-state index in [9.17, 15) is 9.59 Å². The van der Waals surface area contributed by atoms with Gasteiger partial charge in [-0.25, -0.2) is 4.98 Å². The Labute approximate surface area is 191 Å². The summed E-state index contributed by atoms with van der Waals surface area (Å²) in [6.45, 7) is 16.2. The van der Waals surface area contributed by atoms with Crippen LogP contribution in [-0.4, -0.2) is 62.9 Å². The Morgan fingerprint density at radius 1 is 1.19 bits per heavy atom. The van der Waals surface area contributed by atoms with Crippen LogP contribution in [0.5, 0.6) is 0 Å². The fourth-order valence-corrected chi connectivity index (χ4v) is 4.13. The highest BCUT2D eigenvalue weighted by Crippen LogP contribution is 2.22. The average molecular weight is 440 g/mol. The van der Waals surface area contributed by atoms with Gasteiger partial charge in [-0.1, -0.05) is 32.9 Å². The lowest BCUT2D eigenvalue weighted by molar-refractivity contribution is -0.135. The average Bonchev–Trinajstić information content (AvgIpc) is 3.21. The van der Waals surface area contributed by atoms with Crippen molar-refractivity contribution in [2.45, 2.75) is 72.1 Å². The lowest BCUT2D eigenvalue weighted by Crippen LogP contribution is -2.57. The number of imidazole rings is 1. The van der Waals surface area contributed by atoms with Crippen LogP contribution in [0.4, 0.5) is 0 Å². The Morgan fingerprint density at radius 3 is 2.47 bits per heavy atom. The van der Waals surface area contributed by atoms with Gasteiger partial charge in [0.1, 0.15) is 11.9 Å². The molecule has 32 heavy (non-hydrogen) atoms. The third-order valence-electron chi connectivity index (χ3n) is 6.29. The van der Waals surface area contributed by atoms with E-state index in [0.29, 0.717) is 18.7 Å². The number of carbonyl (C=O) groups excluding carboxylic acids is 2. The highest BCUT2D eigenvalue weighted by Gasteiger charge is 2.30. The van der Waals surface area contributed by atoms with Crippen molar-refractivity contribution in [3.63, 3.8) is 0 Å². The minimum absolute atomic E-state index is 0.0345. The Balaban J connectivity index is 1.54. The molecule has 3 rings (SSSR count). The standard InChI is InChI=1S/C25H37N5O2/c1-7-28-13-12-26-22(28)17-29-14-15-30(16-18(29)2)24(32)19(3)27-23(31)20-8-10-21(11-9-20)25(4,5)6/h8-13,18-19H,7,14-17H2,1-6H3,(H,27,31)/t18-,19-/m1/s1. The molecule has 7 heteroatoms. The van der Waals surface area contributed by atoms with Crippen LogP contribution >= 0.6 is 0 Å². The van der Waals surface area contributed by atoms with Crippen LogP contribution in [0, 0.1) is 0 Å². The molecule has 1 aromatic carbocycles. The quantitative estimate of drug-likeness (QED) is 0.751. The smallest absolute Gasteiger partial charge is 0.251 e. The molecule has 0 aliphatic carbocycles. The van der Waals surface area contributed by atoms with Crippen molar-refractivity contribution in [3.05, 3.63) is 53.6 Å². The molecule has 1 aliphatic heterocycles. The summed E-state index contributed by atoms with van der Waals surface area (Å²) >= 11 is 0. The van der Waals surface area contributed by atoms with Crippen molar-refractivity contribution >= 4 is 11.8 Å². The molecule has 7 nitrogen and oxygen atoms in total. The van der Waals surface area contributed by atoms with Gasteiger partial charge in [0.2, 0.25) is 5.91 Å². The lowest BCUT2D eigenvalue weighted by Gasteiger charge is -2.40. The topological polar surface area (TPSA) is 70.5 Å². The first kappa shape index (κ1) is 24.0. The number of benzene rings is 1. The van der Waals surface area contributed by atoms with Gasteiger partial charge in [-0.15, -0.1) is 0 Å². The maximum atomic E-state index is 13.0. The minimum atomic E-state index is -0.567. The second kappa shape index (κ2) is 9.86. The summed E-state index contributed by atoms with van der Waals surface area (Å²) in [6, 6.07) is 7.27. The molecular formula is C25H37N5O2. The number of nitrogens with zero attached hydrogens (tertiary/aromatic N) is 4. The molecule has 2 amide bonds. The number of nitrogens with one attached hydrogen (secondary N) is 1. The summed E-state index contributed by atoms with van der Waals surface area (Å²) in [6.07, 6.45) is 3.84. The molecule has 1 aromatic heterocycles. The molecule has 1 aliphatic rings. The molecule has 1 N–H and O–H groups in total. The zero-order valence-electron chi connectivity index (χ0n) is 20.3. The van der Waals surface area contributed by atoms with Crippen molar-refractivity contribution in [2.24, 2.45) is 0 Å². The Morgan fingerprint density at radius 2 is 1.88 bits per heavy atom. The van der Waals surface area contributed by atoms with E-state index < -0.39 is 6.04 Å². The van der Waals surface area contributed by atoms with Crippen LogP contribution in [0.1, 0.15) is 63.3 Å². The van der Waals surface area contributed by atoms with Gasteiger partial charge in [0.15, 0.2) is 0 Å². The monoisotopic (exact) mass is 439 g/mol. The Bertz CT molecular complexity index is 929. The lowest BCUT2D eigenvalue weighted by atomic mass is 9.86. The summed E-state index contributed by atoms with van der Waals surface area (Å²) < 4.78 is 2.15. The number of aryl methyl sites for hydroxylation is 1. The van der Waals surface area contributed by atoms with Crippen molar-refractivity contribution < 1.29 is 9.59 Å². The fraction of sp³-hybridized carbons (Fsp3) is 0.560. The van der Waals surface area contributed by atoms with Crippen molar-refractivity contribution in [3.8, 4) is 0 Å². The van der Waals surface area contributed by atoms with Gasteiger partial charge in [0.05, 0.1) is 6.54 Å². The van der Waals surface area contributed by atoms with E-state index in [0.717, 1.165) is 25.5 Å². The number of hydrogen-bond donors (Lipinski definition) is 1. The SMILES string of the molecule is CCn1ccnc1CN1CCN(C(=O)[C@@H](C)NC(=O)c2ccc(C(C)(C)C)cc2)C[C@H]1C. The highest BCUT2D eigenvalue weighted by atomic mass is 16.2. The Kier molecular flexibility index (Phi) is 7.39. The number of aromatic nitrogens is 2. The highest BCUT2D eigenvalue weighted by molar-refractivity contribution is 5.97. The molecule has 1 saturated heterocycles. The minimum Gasteiger partial charge on any atom is -0.341 e. The molecule has 174 valence electrons. The van der Waals surface area contributed by atoms with Gasteiger partial charge in [-0.05, 0) is 43.9 Å². The predicted octanol–water partition coefficient (Wildman–Crippen LogP) is 3.05. The normalized spacial score (nSPS) is 18.4. The van der Waals surface area contributed by atoms with Crippen molar-refractivity contribution in [1.82, 2.24) is 24.7 Å². The van der Waals surface area contributed by atoms with Gasteiger partial charge >= 0.3 is 0 Å². The van der Waals surface area contributed by atoms with Gasteiger partial charge in [0.25, 0.3) is 5.91 Å². The maximum absolute atomic E-state index is 13.0. The fourth-order valence-electron chi connectivity index (χ4n) is 4.13. The Hall–Kier alpha value is -2.67. The predicted molar refractivity (Wildman–Crippen MR) is 126 cm³/mol. The van der Waals surface area contributed by atoms with Crippen LogP contribution < -0.4 is 5.32 Å². The first-order valence-electron chi connectivity index (χ1n) is 11.5. The van der Waals surface area contributed by atoms with Crippen molar-refractivity contribution in [1.29, 1.82) is 0 Å². The van der Waals surface area contributed by atoms with Crippen LogP contribution in [0.25, 0.3) is 0 Å².